The van der Waals surface area contributed by atoms with Crippen LogP contribution in [0.25, 0.3) is 10.7 Å². The fraction of sp³-hybridized carbons (Fsp3) is 0.450. The van der Waals surface area contributed by atoms with Crippen LogP contribution in [0, 0.1) is 6.92 Å². The van der Waals surface area contributed by atoms with Gasteiger partial charge in [0.2, 0.25) is 0 Å². The van der Waals surface area contributed by atoms with Crippen LogP contribution >= 0.6 is 11.3 Å². The molecule has 11 heteroatoms. The molecule has 1 aliphatic heterocycles. The van der Waals surface area contributed by atoms with Crippen molar-refractivity contribution in [3.05, 3.63) is 41.5 Å². The summed E-state index contributed by atoms with van der Waals surface area (Å²) in [6, 6.07) is 3.24. The Morgan fingerprint density at radius 2 is 2.23 bits per heavy atom. The van der Waals surface area contributed by atoms with Gasteiger partial charge in [0.15, 0.2) is 6.23 Å². The number of aryl methyl sites for hydroxylation is 2. The Labute approximate surface area is 183 Å². The van der Waals surface area contributed by atoms with E-state index in [1.807, 2.05) is 19.1 Å². The Morgan fingerprint density at radius 1 is 1.42 bits per heavy atom. The average molecular weight is 448 g/mol. The number of pyridine rings is 1. The van der Waals surface area contributed by atoms with Crippen LogP contribution in [0.1, 0.15) is 42.1 Å². The monoisotopic (exact) mass is 447 g/mol. The normalized spacial score (nSPS) is 22.8. The number of nitrogens with zero attached hydrogens (tertiary/aromatic N) is 4. The Balaban J connectivity index is 1.56. The predicted molar refractivity (Wildman–Crippen MR) is 117 cm³/mol. The first-order valence-electron chi connectivity index (χ1n) is 10.0. The first-order chi connectivity index (χ1) is 14.8. The predicted octanol–water partition coefficient (Wildman–Crippen LogP) is 2.45. The van der Waals surface area contributed by atoms with E-state index in [9.17, 15) is 9.50 Å². The fourth-order valence-corrected chi connectivity index (χ4v) is 4.59. The first-order valence-corrected chi connectivity index (χ1v) is 10.8. The minimum absolute atomic E-state index is 0.0785. The molecule has 1 aliphatic rings. The van der Waals surface area contributed by atoms with Crippen LogP contribution in [0.5, 0.6) is 0 Å². The lowest BCUT2D eigenvalue weighted by molar-refractivity contribution is 0.0246. The molecule has 3 aromatic heterocycles. The van der Waals surface area contributed by atoms with Gasteiger partial charge in [0, 0.05) is 19.3 Å². The maximum Gasteiger partial charge on any atom is 0.171 e. The molecule has 31 heavy (non-hydrogen) atoms. The highest BCUT2D eigenvalue weighted by atomic mass is 32.1. The summed E-state index contributed by atoms with van der Waals surface area (Å²) >= 11 is 1.26. The van der Waals surface area contributed by atoms with Crippen molar-refractivity contribution in [2.45, 2.75) is 44.3 Å². The van der Waals surface area contributed by atoms with Gasteiger partial charge >= 0.3 is 0 Å². The molecule has 4 heterocycles. The lowest BCUT2D eigenvalue weighted by Gasteiger charge is -2.19. The SMILES string of the molecule is Cc1cccnc1-c1nc(C(O)Nc2cnn(C)c2[C@@H]2CC[C@@H](N)[C@H](F)CO2)c(N)s1. The van der Waals surface area contributed by atoms with Crippen LogP contribution in [0.15, 0.2) is 24.5 Å². The minimum atomic E-state index is -1.21. The van der Waals surface area contributed by atoms with Crippen LogP contribution in [-0.4, -0.2) is 43.7 Å². The Kier molecular flexibility index (Phi) is 6.19. The van der Waals surface area contributed by atoms with E-state index in [2.05, 4.69) is 20.4 Å². The average Bonchev–Trinajstić information content (AvgIpc) is 3.25. The summed E-state index contributed by atoms with van der Waals surface area (Å²) in [5.41, 5.74) is 15.3. The number of ether oxygens (including phenoxy) is 1. The molecule has 4 rings (SSSR count). The zero-order valence-electron chi connectivity index (χ0n) is 17.3. The molecule has 1 unspecified atom stereocenters. The first kappa shape index (κ1) is 21.6. The topological polar surface area (TPSA) is 137 Å². The van der Waals surface area contributed by atoms with Gasteiger partial charge < -0.3 is 26.6 Å². The zero-order chi connectivity index (χ0) is 22.1. The third-order valence-electron chi connectivity index (χ3n) is 5.42. The van der Waals surface area contributed by atoms with E-state index in [1.54, 1.807) is 24.1 Å². The molecular formula is C20H26FN7O2S. The number of halogens is 1. The molecule has 0 aliphatic carbocycles. The molecule has 0 radical (unpaired) electrons. The maximum atomic E-state index is 13.9. The second kappa shape index (κ2) is 8.87. The van der Waals surface area contributed by atoms with E-state index in [0.717, 1.165) is 11.3 Å². The van der Waals surface area contributed by atoms with Crippen LogP contribution in [-0.2, 0) is 11.8 Å². The van der Waals surface area contributed by atoms with Crippen LogP contribution in [0.4, 0.5) is 15.1 Å². The van der Waals surface area contributed by atoms with E-state index in [4.69, 9.17) is 16.2 Å². The van der Waals surface area contributed by atoms with Gasteiger partial charge in [-0.3, -0.25) is 9.67 Å². The van der Waals surface area contributed by atoms with Crippen molar-refractivity contribution in [2.75, 3.05) is 17.7 Å². The third kappa shape index (κ3) is 4.40. The van der Waals surface area contributed by atoms with Gasteiger partial charge in [0.05, 0.1) is 24.2 Å². The van der Waals surface area contributed by atoms with Gasteiger partial charge in [0.1, 0.15) is 33.7 Å². The van der Waals surface area contributed by atoms with Crippen molar-refractivity contribution in [1.29, 1.82) is 0 Å². The minimum Gasteiger partial charge on any atom is -0.389 e. The number of hydrogen-bond acceptors (Lipinski definition) is 9. The molecule has 0 aromatic carbocycles. The van der Waals surface area contributed by atoms with Gasteiger partial charge in [-0.05, 0) is 31.4 Å². The molecule has 4 atom stereocenters. The number of nitrogen functional groups attached to an aromatic ring is 1. The van der Waals surface area contributed by atoms with E-state index in [0.29, 0.717) is 39.9 Å². The maximum absolute atomic E-state index is 13.9. The van der Waals surface area contributed by atoms with Gasteiger partial charge in [0.25, 0.3) is 0 Å². The standard InChI is InChI=1S/C20H26FN7O2S/c1-10-4-3-7-24-15(10)20-27-16(18(23)31-20)19(29)26-13-8-25-28(2)17(13)14-6-5-12(22)11(21)9-30-14/h3-4,7-8,11-12,14,19,26,29H,5-6,9,22-23H2,1-2H3/t11-,12-,14+,19?/m1/s1. The smallest absolute Gasteiger partial charge is 0.171 e. The second-order valence-electron chi connectivity index (χ2n) is 7.63. The van der Waals surface area contributed by atoms with Gasteiger partial charge in [-0.15, -0.1) is 0 Å². The molecule has 0 amide bonds. The molecule has 0 spiro atoms. The molecule has 0 bridgehead atoms. The molecule has 166 valence electrons. The van der Waals surface area contributed by atoms with Gasteiger partial charge in [-0.25, -0.2) is 9.37 Å². The van der Waals surface area contributed by atoms with E-state index in [-0.39, 0.29) is 6.61 Å². The summed E-state index contributed by atoms with van der Waals surface area (Å²) in [4.78, 5) is 8.88. The van der Waals surface area contributed by atoms with Crippen LogP contribution < -0.4 is 16.8 Å². The van der Waals surface area contributed by atoms with Crippen molar-refractivity contribution < 1.29 is 14.2 Å². The fourth-order valence-electron chi connectivity index (χ4n) is 3.66. The van der Waals surface area contributed by atoms with Crippen molar-refractivity contribution in [2.24, 2.45) is 12.8 Å². The van der Waals surface area contributed by atoms with Crippen molar-refractivity contribution in [1.82, 2.24) is 19.7 Å². The van der Waals surface area contributed by atoms with Crippen molar-refractivity contribution >= 4 is 22.0 Å². The Hall–Kier alpha value is -2.60. The number of aliphatic hydroxyl groups excluding tert-OH is 1. The summed E-state index contributed by atoms with van der Waals surface area (Å²) in [7, 11) is 1.77. The van der Waals surface area contributed by atoms with Gasteiger partial charge in [-0.2, -0.15) is 5.10 Å². The number of aromatic nitrogens is 4. The summed E-state index contributed by atoms with van der Waals surface area (Å²) in [5, 5.41) is 19.1. The highest BCUT2D eigenvalue weighted by Crippen LogP contribution is 2.36. The number of alkyl halides is 1. The summed E-state index contributed by atoms with van der Waals surface area (Å²) in [6.45, 7) is 1.86. The molecule has 1 fully saturated rings. The Morgan fingerprint density at radius 3 is 3.00 bits per heavy atom. The zero-order valence-corrected chi connectivity index (χ0v) is 18.1. The Bertz CT molecular complexity index is 1040. The van der Waals surface area contributed by atoms with E-state index in [1.165, 1.54) is 11.3 Å². The number of nitrogens with two attached hydrogens (primary N) is 2. The third-order valence-corrected chi connectivity index (χ3v) is 6.32. The quantitative estimate of drug-likeness (QED) is 0.438. The second-order valence-corrected chi connectivity index (χ2v) is 8.66. The van der Waals surface area contributed by atoms with Gasteiger partial charge in [-0.1, -0.05) is 17.4 Å². The van der Waals surface area contributed by atoms with Crippen LogP contribution in [0.2, 0.25) is 0 Å². The molecule has 0 saturated carbocycles. The molecular weight excluding hydrogens is 421 g/mol. The highest BCUT2D eigenvalue weighted by molar-refractivity contribution is 7.18. The van der Waals surface area contributed by atoms with Crippen molar-refractivity contribution in [3.8, 4) is 10.7 Å². The summed E-state index contributed by atoms with van der Waals surface area (Å²) < 4.78 is 21.3. The van der Waals surface area contributed by atoms with Crippen molar-refractivity contribution in [3.63, 3.8) is 0 Å². The summed E-state index contributed by atoms with van der Waals surface area (Å²) in [5.74, 6) is 0. The number of hydrogen-bond donors (Lipinski definition) is 4. The number of nitrogens with one attached hydrogen (secondary N) is 1. The molecule has 9 nitrogen and oxygen atoms in total. The number of anilines is 2. The molecule has 3 aromatic rings. The highest BCUT2D eigenvalue weighted by Gasteiger charge is 2.30. The number of rotatable bonds is 5. The number of thiazole rings is 1. The largest absolute Gasteiger partial charge is 0.389 e. The lowest BCUT2D eigenvalue weighted by atomic mass is 10.0. The molecule has 1 saturated heterocycles. The lowest BCUT2D eigenvalue weighted by Crippen LogP contribution is -2.32. The molecule has 6 N–H and O–H groups in total. The van der Waals surface area contributed by atoms with Crippen LogP contribution in [0.3, 0.4) is 0 Å². The number of aliphatic hydroxyl groups is 1. The van der Waals surface area contributed by atoms with E-state index < -0.39 is 24.5 Å². The summed E-state index contributed by atoms with van der Waals surface area (Å²) in [6.07, 6.45) is 1.55. The van der Waals surface area contributed by atoms with E-state index >= 15 is 0 Å².